The van der Waals surface area contributed by atoms with Crippen LogP contribution in [0, 0.1) is 11.3 Å². The molecular formula is C18H25N5O3. The Labute approximate surface area is 152 Å². The summed E-state index contributed by atoms with van der Waals surface area (Å²) >= 11 is 0. The third kappa shape index (κ3) is 3.44. The number of para-hydroxylation sites is 2. The van der Waals surface area contributed by atoms with Crippen molar-refractivity contribution in [2.24, 2.45) is 5.92 Å². The molecule has 2 saturated heterocycles. The Morgan fingerprint density at radius 3 is 2.85 bits per heavy atom. The van der Waals surface area contributed by atoms with Crippen molar-refractivity contribution < 1.29 is 14.7 Å². The minimum Gasteiger partial charge on any atom is -0.506 e. The molecule has 0 saturated carbocycles. The van der Waals surface area contributed by atoms with Crippen LogP contribution in [0.2, 0.25) is 0 Å². The number of anilines is 1. The number of likely N-dealkylation sites (tertiary alicyclic amines) is 1. The quantitative estimate of drug-likeness (QED) is 0.604. The van der Waals surface area contributed by atoms with Gasteiger partial charge in [-0.15, -0.1) is 0 Å². The van der Waals surface area contributed by atoms with Gasteiger partial charge in [0.15, 0.2) is 5.96 Å². The second-order valence-corrected chi connectivity index (χ2v) is 7.25. The monoisotopic (exact) mass is 359 g/mol. The molecule has 0 aromatic heterocycles. The van der Waals surface area contributed by atoms with Crippen LogP contribution in [0.5, 0.6) is 5.75 Å². The summed E-state index contributed by atoms with van der Waals surface area (Å²) < 4.78 is 0. The zero-order chi connectivity index (χ0) is 18.9. The van der Waals surface area contributed by atoms with Gasteiger partial charge >= 0.3 is 6.03 Å². The lowest BCUT2D eigenvalue weighted by Gasteiger charge is -2.47. The van der Waals surface area contributed by atoms with Crippen molar-refractivity contribution in [2.75, 3.05) is 25.5 Å². The third-order valence-electron chi connectivity index (χ3n) is 5.39. The van der Waals surface area contributed by atoms with Crippen molar-refractivity contribution in [3.8, 4) is 5.75 Å². The van der Waals surface area contributed by atoms with Crippen LogP contribution < -0.4 is 10.6 Å². The fraction of sp³-hybridized carbons (Fsp3) is 0.500. The van der Waals surface area contributed by atoms with E-state index in [2.05, 4.69) is 10.6 Å². The van der Waals surface area contributed by atoms with E-state index in [0.29, 0.717) is 25.2 Å². The summed E-state index contributed by atoms with van der Waals surface area (Å²) in [5, 5.41) is 23.7. The molecule has 26 heavy (non-hydrogen) atoms. The Kier molecular flexibility index (Phi) is 4.76. The molecule has 0 radical (unpaired) electrons. The first-order chi connectivity index (χ1) is 12.3. The van der Waals surface area contributed by atoms with Crippen molar-refractivity contribution in [2.45, 2.75) is 31.7 Å². The van der Waals surface area contributed by atoms with E-state index in [1.54, 1.807) is 30.1 Å². The molecule has 8 nitrogen and oxygen atoms in total. The summed E-state index contributed by atoms with van der Waals surface area (Å²) in [5.74, 6) is 0.0911. The van der Waals surface area contributed by atoms with Crippen molar-refractivity contribution in [1.82, 2.24) is 15.1 Å². The molecule has 0 bridgehead atoms. The molecule has 8 heteroatoms. The Hall–Kier alpha value is -2.77. The fourth-order valence-electron chi connectivity index (χ4n) is 3.66. The highest BCUT2D eigenvalue weighted by Crippen LogP contribution is 2.33. The van der Waals surface area contributed by atoms with E-state index in [1.165, 1.54) is 11.0 Å². The first kappa shape index (κ1) is 18.0. The molecule has 0 spiro atoms. The zero-order valence-electron chi connectivity index (χ0n) is 15.1. The highest BCUT2D eigenvalue weighted by Gasteiger charge is 2.44. The number of benzene rings is 1. The first-order valence-electron chi connectivity index (χ1n) is 8.77. The summed E-state index contributed by atoms with van der Waals surface area (Å²) in [4.78, 5) is 27.8. The summed E-state index contributed by atoms with van der Waals surface area (Å²) in [5.41, 5.74) is -0.172. The average Bonchev–Trinajstić information content (AvgIpc) is 2.61. The van der Waals surface area contributed by atoms with Gasteiger partial charge in [0.05, 0.1) is 17.6 Å². The molecule has 4 N–H and O–H groups in total. The molecule has 2 atom stereocenters. The maximum absolute atomic E-state index is 12.6. The lowest BCUT2D eigenvalue weighted by atomic mass is 9.76. The number of rotatable bonds is 2. The highest BCUT2D eigenvalue weighted by atomic mass is 16.3. The zero-order valence-corrected chi connectivity index (χ0v) is 15.1. The minimum absolute atomic E-state index is 0.0254. The fourth-order valence-corrected chi connectivity index (χ4v) is 3.66. The number of carbonyl (C=O) groups is 2. The Bertz CT molecular complexity index is 717. The molecule has 2 aliphatic rings. The van der Waals surface area contributed by atoms with Crippen LogP contribution in [0.25, 0.3) is 0 Å². The smallest absolute Gasteiger partial charge is 0.321 e. The lowest BCUT2D eigenvalue weighted by Crippen LogP contribution is -2.65. The summed E-state index contributed by atoms with van der Waals surface area (Å²) in [6.45, 7) is 3.06. The normalized spacial score (nSPS) is 26.5. The summed E-state index contributed by atoms with van der Waals surface area (Å²) in [6.07, 6.45) is 2.01. The molecular weight excluding hydrogens is 334 g/mol. The van der Waals surface area contributed by atoms with E-state index in [-0.39, 0.29) is 29.6 Å². The van der Waals surface area contributed by atoms with Gasteiger partial charge in [-0.25, -0.2) is 4.79 Å². The number of nitrogens with one attached hydrogen (secondary N) is 3. The van der Waals surface area contributed by atoms with Gasteiger partial charge in [-0.3, -0.25) is 15.1 Å². The number of phenolic OH excluding ortho intramolecular Hbond substituents is 1. The molecule has 1 aromatic rings. The van der Waals surface area contributed by atoms with Crippen LogP contribution in [0.3, 0.4) is 0 Å². The van der Waals surface area contributed by atoms with Gasteiger partial charge in [-0.1, -0.05) is 12.1 Å². The molecule has 1 unspecified atom stereocenters. The van der Waals surface area contributed by atoms with E-state index < -0.39 is 5.54 Å². The topological polar surface area (TPSA) is 109 Å². The predicted octanol–water partition coefficient (Wildman–Crippen LogP) is 1.78. The standard InChI is InChI=1S/C18H25N5O3/c1-18(10-15(25)22(2)16(19)21-18)12-6-5-9-23(11-12)17(26)20-13-7-3-4-8-14(13)24/h3-4,7-8,12,24H,5-6,9-11H2,1-2H3,(H2,19,21)(H,20,26)/t12?,18-/m0/s1. The molecule has 2 aliphatic heterocycles. The van der Waals surface area contributed by atoms with Crippen LogP contribution in [0.15, 0.2) is 24.3 Å². The van der Waals surface area contributed by atoms with Crippen molar-refractivity contribution in [3.63, 3.8) is 0 Å². The number of amides is 3. The Balaban J connectivity index is 1.69. The van der Waals surface area contributed by atoms with Gasteiger partial charge < -0.3 is 20.6 Å². The molecule has 3 amide bonds. The number of piperidine rings is 1. The number of hydrogen-bond acceptors (Lipinski definition) is 4. The van der Waals surface area contributed by atoms with Crippen molar-refractivity contribution in [1.29, 1.82) is 5.41 Å². The second kappa shape index (κ2) is 6.86. The molecule has 0 aliphatic carbocycles. The van der Waals surface area contributed by atoms with Crippen LogP contribution >= 0.6 is 0 Å². The molecule has 2 heterocycles. The largest absolute Gasteiger partial charge is 0.506 e. The first-order valence-corrected chi connectivity index (χ1v) is 8.77. The maximum atomic E-state index is 12.6. The molecule has 1 aromatic carbocycles. The number of hydrogen-bond donors (Lipinski definition) is 4. The molecule has 2 fully saturated rings. The number of guanidine groups is 1. The van der Waals surface area contributed by atoms with Crippen LogP contribution in [0.4, 0.5) is 10.5 Å². The van der Waals surface area contributed by atoms with Crippen LogP contribution in [-0.2, 0) is 4.79 Å². The van der Waals surface area contributed by atoms with Gasteiger partial charge in [0.2, 0.25) is 5.91 Å². The molecule has 140 valence electrons. The Morgan fingerprint density at radius 2 is 2.15 bits per heavy atom. The van der Waals surface area contributed by atoms with E-state index in [4.69, 9.17) is 5.41 Å². The number of carbonyl (C=O) groups excluding carboxylic acids is 2. The van der Waals surface area contributed by atoms with Crippen LogP contribution in [-0.4, -0.2) is 58.5 Å². The predicted molar refractivity (Wildman–Crippen MR) is 98.1 cm³/mol. The number of phenols is 1. The van der Waals surface area contributed by atoms with Crippen LogP contribution in [0.1, 0.15) is 26.2 Å². The average molecular weight is 359 g/mol. The summed E-state index contributed by atoms with van der Waals surface area (Å²) in [6, 6.07) is 6.34. The van der Waals surface area contributed by atoms with E-state index in [9.17, 15) is 14.7 Å². The maximum Gasteiger partial charge on any atom is 0.321 e. The van der Waals surface area contributed by atoms with Gasteiger partial charge in [0.1, 0.15) is 5.75 Å². The van der Waals surface area contributed by atoms with E-state index in [1.807, 2.05) is 6.92 Å². The minimum atomic E-state index is -0.547. The number of urea groups is 1. The molecule has 3 rings (SSSR count). The van der Waals surface area contributed by atoms with Crippen molar-refractivity contribution in [3.05, 3.63) is 24.3 Å². The van der Waals surface area contributed by atoms with Gasteiger partial charge in [0, 0.05) is 20.1 Å². The SMILES string of the molecule is CN1C(=N)N[C@](C)(C2CCCN(C(=O)Nc3ccccc3O)C2)CC1=O. The second-order valence-electron chi connectivity index (χ2n) is 7.25. The van der Waals surface area contributed by atoms with Gasteiger partial charge in [-0.2, -0.15) is 0 Å². The van der Waals surface area contributed by atoms with E-state index >= 15 is 0 Å². The van der Waals surface area contributed by atoms with Gasteiger partial charge in [0.25, 0.3) is 0 Å². The summed E-state index contributed by atoms with van der Waals surface area (Å²) in [7, 11) is 1.59. The highest BCUT2D eigenvalue weighted by molar-refractivity contribution is 5.98. The van der Waals surface area contributed by atoms with Gasteiger partial charge in [-0.05, 0) is 37.8 Å². The number of aromatic hydroxyl groups is 1. The Morgan fingerprint density at radius 1 is 1.42 bits per heavy atom. The van der Waals surface area contributed by atoms with E-state index in [0.717, 1.165) is 12.8 Å². The number of nitrogens with zero attached hydrogens (tertiary/aromatic N) is 2. The van der Waals surface area contributed by atoms with Crippen molar-refractivity contribution >= 4 is 23.6 Å². The lowest BCUT2D eigenvalue weighted by molar-refractivity contribution is -0.130. The third-order valence-corrected chi connectivity index (χ3v) is 5.39.